The first-order chi connectivity index (χ1) is 9.56. The second-order valence-corrected chi connectivity index (χ2v) is 5.57. The fraction of sp³-hybridized carbons (Fsp3) is 0.562. The topological polar surface area (TPSA) is 55.6 Å². The highest BCUT2D eigenvalue weighted by Gasteiger charge is 2.31. The number of carbonyl (C=O) groups is 1. The van der Waals surface area contributed by atoms with Crippen LogP contribution in [0.3, 0.4) is 0 Å². The lowest BCUT2D eigenvalue weighted by atomic mass is 9.97. The van der Waals surface area contributed by atoms with Gasteiger partial charge in [-0.1, -0.05) is 6.07 Å². The lowest BCUT2D eigenvalue weighted by Gasteiger charge is -2.38. The molecule has 0 radical (unpaired) electrons. The molecular weight excluding hydrogens is 288 g/mol. The molecule has 0 aromatic heterocycles. The van der Waals surface area contributed by atoms with E-state index in [1.807, 2.05) is 30.0 Å². The quantitative estimate of drug-likeness (QED) is 0.932. The molecule has 2 N–H and O–H groups in total. The number of aryl methyl sites for hydroxylation is 2. The van der Waals surface area contributed by atoms with Crippen LogP contribution >= 0.6 is 12.4 Å². The normalized spacial score (nSPS) is 21.8. The Morgan fingerprint density at radius 1 is 1.38 bits per heavy atom. The number of benzene rings is 1. The van der Waals surface area contributed by atoms with Crippen molar-refractivity contribution in [2.24, 2.45) is 5.73 Å². The molecule has 2 unspecified atom stereocenters. The van der Waals surface area contributed by atoms with Crippen LogP contribution in [-0.4, -0.2) is 43.2 Å². The van der Waals surface area contributed by atoms with Crippen molar-refractivity contribution in [1.82, 2.24) is 4.90 Å². The van der Waals surface area contributed by atoms with E-state index in [4.69, 9.17) is 10.5 Å². The molecule has 1 heterocycles. The van der Waals surface area contributed by atoms with Gasteiger partial charge in [0.2, 0.25) is 0 Å². The average molecular weight is 313 g/mol. The van der Waals surface area contributed by atoms with Crippen LogP contribution in [-0.2, 0) is 4.74 Å². The molecule has 0 saturated carbocycles. The highest BCUT2D eigenvalue weighted by Crippen LogP contribution is 2.22. The maximum atomic E-state index is 12.7. The second kappa shape index (κ2) is 7.78. The van der Waals surface area contributed by atoms with Crippen LogP contribution in [0, 0.1) is 13.8 Å². The molecule has 2 atom stereocenters. The molecule has 5 heteroatoms. The van der Waals surface area contributed by atoms with E-state index in [0.29, 0.717) is 13.1 Å². The zero-order valence-corrected chi connectivity index (χ0v) is 13.8. The lowest BCUT2D eigenvalue weighted by Crippen LogP contribution is -2.51. The van der Waals surface area contributed by atoms with E-state index in [-0.39, 0.29) is 30.5 Å². The number of nitrogens with zero attached hydrogens (tertiary/aromatic N) is 1. The highest BCUT2D eigenvalue weighted by molar-refractivity contribution is 5.94. The molecule has 0 bridgehead atoms. The summed E-state index contributed by atoms with van der Waals surface area (Å²) in [4.78, 5) is 14.6. The molecule has 1 aromatic rings. The van der Waals surface area contributed by atoms with Crippen LogP contribution in [0.5, 0.6) is 0 Å². The van der Waals surface area contributed by atoms with E-state index in [1.54, 1.807) is 7.11 Å². The third-order valence-electron chi connectivity index (χ3n) is 4.29. The fourth-order valence-corrected chi connectivity index (χ4v) is 2.76. The minimum Gasteiger partial charge on any atom is -0.381 e. The average Bonchev–Trinajstić information content (AvgIpc) is 2.48. The minimum absolute atomic E-state index is 0. The van der Waals surface area contributed by atoms with Gasteiger partial charge in [-0.25, -0.2) is 0 Å². The van der Waals surface area contributed by atoms with Gasteiger partial charge in [0.1, 0.15) is 0 Å². The van der Waals surface area contributed by atoms with E-state index in [1.165, 1.54) is 5.56 Å². The third kappa shape index (κ3) is 3.96. The number of methoxy groups -OCH3 is 1. The van der Waals surface area contributed by atoms with E-state index in [9.17, 15) is 4.79 Å². The summed E-state index contributed by atoms with van der Waals surface area (Å²) in [5, 5.41) is 0. The Balaban J connectivity index is 0.00000220. The number of halogens is 1. The second-order valence-electron chi connectivity index (χ2n) is 5.57. The monoisotopic (exact) mass is 312 g/mol. The molecular formula is C16H25ClN2O2. The molecule has 2 rings (SSSR count). The third-order valence-corrected chi connectivity index (χ3v) is 4.29. The standard InChI is InChI=1S/C16H24N2O2.ClH/c1-11-4-5-13(8-12(11)2)16(19)18-7-6-15(20-3)9-14(18)10-17;/h4-5,8,14-15H,6-7,9-10,17H2,1-3H3;1H. The highest BCUT2D eigenvalue weighted by atomic mass is 35.5. The molecule has 1 amide bonds. The van der Waals surface area contributed by atoms with Crippen LogP contribution in [0.1, 0.15) is 34.3 Å². The summed E-state index contributed by atoms with van der Waals surface area (Å²) in [7, 11) is 1.72. The molecule has 0 aliphatic carbocycles. The molecule has 4 nitrogen and oxygen atoms in total. The Morgan fingerprint density at radius 2 is 2.10 bits per heavy atom. The lowest BCUT2D eigenvalue weighted by molar-refractivity contribution is 0.0139. The summed E-state index contributed by atoms with van der Waals surface area (Å²) in [5.74, 6) is 0.0816. The molecule has 1 fully saturated rings. The van der Waals surface area contributed by atoms with Gasteiger partial charge in [-0.15, -0.1) is 12.4 Å². The maximum absolute atomic E-state index is 12.7. The molecule has 1 aliphatic heterocycles. The van der Waals surface area contributed by atoms with Crippen LogP contribution in [0.25, 0.3) is 0 Å². The first-order valence-corrected chi connectivity index (χ1v) is 7.18. The number of nitrogens with two attached hydrogens (primary N) is 1. The fourth-order valence-electron chi connectivity index (χ4n) is 2.76. The molecule has 1 aromatic carbocycles. The Bertz CT molecular complexity index is 493. The molecule has 118 valence electrons. The summed E-state index contributed by atoms with van der Waals surface area (Å²) in [5.41, 5.74) is 8.93. The Morgan fingerprint density at radius 3 is 2.67 bits per heavy atom. The summed E-state index contributed by atoms with van der Waals surface area (Å²) in [6, 6.07) is 5.94. The molecule has 0 spiro atoms. The predicted molar refractivity (Wildman–Crippen MR) is 87.1 cm³/mol. The van der Waals surface area contributed by atoms with Crippen molar-refractivity contribution in [2.45, 2.75) is 38.8 Å². The van der Waals surface area contributed by atoms with Crippen molar-refractivity contribution < 1.29 is 9.53 Å². The number of ether oxygens (including phenoxy) is 1. The van der Waals surface area contributed by atoms with Crippen molar-refractivity contribution in [1.29, 1.82) is 0 Å². The predicted octanol–water partition coefficient (Wildman–Crippen LogP) is 2.30. The van der Waals surface area contributed by atoms with Gasteiger partial charge < -0.3 is 15.4 Å². The Hall–Kier alpha value is -1.10. The summed E-state index contributed by atoms with van der Waals surface area (Å²) in [6.45, 7) is 5.28. The number of likely N-dealkylation sites (tertiary alicyclic amines) is 1. The maximum Gasteiger partial charge on any atom is 0.254 e. The van der Waals surface area contributed by atoms with Gasteiger partial charge in [-0.2, -0.15) is 0 Å². The van der Waals surface area contributed by atoms with E-state index in [0.717, 1.165) is 24.0 Å². The first-order valence-electron chi connectivity index (χ1n) is 7.18. The van der Waals surface area contributed by atoms with Gasteiger partial charge in [0.05, 0.1) is 6.10 Å². The minimum atomic E-state index is 0. The summed E-state index contributed by atoms with van der Waals surface area (Å²) in [6.07, 6.45) is 1.92. The number of carbonyl (C=O) groups excluding carboxylic acids is 1. The smallest absolute Gasteiger partial charge is 0.254 e. The van der Waals surface area contributed by atoms with Crippen LogP contribution in [0.15, 0.2) is 18.2 Å². The number of hydrogen-bond donors (Lipinski definition) is 1. The Kier molecular flexibility index (Phi) is 6.65. The van der Waals surface area contributed by atoms with E-state index >= 15 is 0 Å². The van der Waals surface area contributed by atoms with Gasteiger partial charge in [0.25, 0.3) is 5.91 Å². The van der Waals surface area contributed by atoms with Crippen molar-refractivity contribution in [3.8, 4) is 0 Å². The first kappa shape index (κ1) is 18.0. The van der Waals surface area contributed by atoms with Crippen LogP contribution in [0.2, 0.25) is 0 Å². The van der Waals surface area contributed by atoms with Crippen LogP contribution < -0.4 is 5.73 Å². The number of hydrogen-bond acceptors (Lipinski definition) is 3. The van der Waals surface area contributed by atoms with E-state index < -0.39 is 0 Å². The number of piperidine rings is 1. The van der Waals surface area contributed by atoms with Crippen molar-refractivity contribution >= 4 is 18.3 Å². The zero-order valence-electron chi connectivity index (χ0n) is 13.0. The van der Waals surface area contributed by atoms with Crippen molar-refractivity contribution in [3.63, 3.8) is 0 Å². The van der Waals surface area contributed by atoms with E-state index in [2.05, 4.69) is 6.92 Å². The number of amides is 1. The van der Waals surface area contributed by atoms with Crippen molar-refractivity contribution in [2.75, 3.05) is 20.2 Å². The largest absolute Gasteiger partial charge is 0.381 e. The number of rotatable bonds is 3. The van der Waals surface area contributed by atoms with Gasteiger partial charge in [-0.3, -0.25) is 4.79 Å². The van der Waals surface area contributed by atoms with Crippen molar-refractivity contribution in [3.05, 3.63) is 34.9 Å². The molecule has 1 aliphatic rings. The summed E-state index contributed by atoms with van der Waals surface area (Å²) >= 11 is 0. The Labute approximate surface area is 133 Å². The molecule has 21 heavy (non-hydrogen) atoms. The van der Waals surface area contributed by atoms with Gasteiger partial charge in [-0.05, 0) is 49.9 Å². The molecule has 1 saturated heterocycles. The van der Waals surface area contributed by atoms with Gasteiger partial charge in [0, 0.05) is 31.8 Å². The van der Waals surface area contributed by atoms with Gasteiger partial charge in [0.15, 0.2) is 0 Å². The zero-order chi connectivity index (χ0) is 14.7. The summed E-state index contributed by atoms with van der Waals surface area (Å²) < 4.78 is 5.40. The van der Waals surface area contributed by atoms with Gasteiger partial charge >= 0.3 is 0 Å². The van der Waals surface area contributed by atoms with Crippen LogP contribution in [0.4, 0.5) is 0 Å². The SMILES string of the molecule is COC1CCN(C(=O)c2ccc(C)c(C)c2)C(CN)C1.Cl.